The van der Waals surface area contributed by atoms with E-state index in [9.17, 15) is 0 Å². The van der Waals surface area contributed by atoms with E-state index in [0.717, 1.165) is 11.0 Å². The highest BCUT2D eigenvalue weighted by molar-refractivity contribution is 5.75. The third kappa shape index (κ3) is 1.68. The lowest BCUT2D eigenvalue weighted by atomic mass is 10.2. The number of hydrogen-bond donors (Lipinski definition) is 0. The van der Waals surface area contributed by atoms with Gasteiger partial charge in [-0.15, -0.1) is 0 Å². The number of fused-ring (bicyclic) bond motifs is 1. The van der Waals surface area contributed by atoms with E-state index in [2.05, 4.69) is 0 Å². The summed E-state index contributed by atoms with van der Waals surface area (Å²) in [6.07, 6.45) is 1.68. The van der Waals surface area contributed by atoms with Gasteiger partial charge in [0.1, 0.15) is 0 Å². The molecular formula is C9H7IO. The molecule has 0 spiro atoms. The zero-order valence-electron chi connectivity index (χ0n) is 5.83. The second-order valence-electron chi connectivity index (χ2n) is 2.15. The SMILES string of the molecule is [I-].c1ccc2[o+]cccc2c1. The molecule has 0 unspecified atom stereocenters. The van der Waals surface area contributed by atoms with Crippen LogP contribution in [0.3, 0.4) is 0 Å². The van der Waals surface area contributed by atoms with E-state index in [1.165, 1.54) is 0 Å². The van der Waals surface area contributed by atoms with Gasteiger partial charge in [-0.3, -0.25) is 0 Å². The van der Waals surface area contributed by atoms with Gasteiger partial charge in [0, 0.05) is 12.1 Å². The topological polar surface area (TPSA) is 11.3 Å². The number of rotatable bonds is 0. The Bertz CT molecular complexity index is 281. The molecule has 0 saturated heterocycles. The molecule has 1 nitrogen and oxygen atoms in total. The molecule has 0 fully saturated rings. The average molecular weight is 258 g/mol. The minimum atomic E-state index is 0. The van der Waals surface area contributed by atoms with Crippen molar-refractivity contribution in [1.82, 2.24) is 0 Å². The fraction of sp³-hybridized carbons (Fsp3) is 0. The lowest BCUT2D eigenvalue weighted by Crippen LogP contribution is -3.00. The Labute approximate surface area is 82.1 Å². The summed E-state index contributed by atoms with van der Waals surface area (Å²) < 4.78 is 5.21. The number of benzene rings is 1. The summed E-state index contributed by atoms with van der Waals surface area (Å²) in [7, 11) is 0. The molecule has 0 atom stereocenters. The summed E-state index contributed by atoms with van der Waals surface area (Å²) in [6, 6.07) is 11.9. The van der Waals surface area contributed by atoms with E-state index in [1.807, 2.05) is 36.4 Å². The molecule has 0 aliphatic heterocycles. The van der Waals surface area contributed by atoms with Crippen molar-refractivity contribution in [2.45, 2.75) is 0 Å². The minimum Gasteiger partial charge on any atom is -1.00 e. The van der Waals surface area contributed by atoms with Crippen molar-refractivity contribution in [3.8, 4) is 0 Å². The molecule has 1 heterocycles. The van der Waals surface area contributed by atoms with Crippen molar-refractivity contribution in [1.29, 1.82) is 0 Å². The van der Waals surface area contributed by atoms with E-state index in [4.69, 9.17) is 4.42 Å². The molecule has 0 saturated carbocycles. The fourth-order valence-electron chi connectivity index (χ4n) is 0.981. The maximum absolute atomic E-state index is 5.21. The summed E-state index contributed by atoms with van der Waals surface area (Å²) in [5, 5.41) is 1.14. The second kappa shape index (κ2) is 3.67. The van der Waals surface area contributed by atoms with Crippen molar-refractivity contribution in [3.63, 3.8) is 0 Å². The van der Waals surface area contributed by atoms with Gasteiger partial charge in [-0.2, -0.15) is 0 Å². The van der Waals surface area contributed by atoms with Gasteiger partial charge in [-0.25, -0.2) is 4.42 Å². The molecule has 11 heavy (non-hydrogen) atoms. The van der Waals surface area contributed by atoms with Gasteiger partial charge in [-0.05, 0) is 12.1 Å². The fourth-order valence-corrected chi connectivity index (χ4v) is 0.981. The maximum atomic E-state index is 5.21. The van der Waals surface area contributed by atoms with Crippen LogP contribution in [0.4, 0.5) is 0 Å². The first-order valence-corrected chi connectivity index (χ1v) is 3.22. The van der Waals surface area contributed by atoms with E-state index < -0.39 is 0 Å². The van der Waals surface area contributed by atoms with Crippen molar-refractivity contribution in [2.75, 3.05) is 0 Å². The van der Waals surface area contributed by atoms with Crippen LogP contribution in [0.1, 0.15) is 0 Å². The van der Waals surface area contributed by atoms with E-state index in [1.54, 1.807) is 6.26 Å². The van der Waals surface area contributed by atoms with Crippen LogP contribution < -0.4 is 24.0 Å². The van der Waals surface area contributed by atoms with Gasteiger partial charge in [-0.1, -0.05) is 12.1 Å². The number of hydrogen-bond acceptors (Lipinski definition) is 0. The first-order chi connectivity index (χ1) is 4.97. The Kier molecular flexibility index (Phi) is 2.82. The quantitative estimate of drug-likeness (QED) is 0.467. The Hall–Kier alpha value is -0.640. The van der Waals surface area contributed by atoms with Crippen LogP contribution in [-0.2, 0) is 0 Å². The van der Waals surface area contributed by atoms with Gasteiger partial charge in [0.05, 0.1) is 5.39 Å². The van der Waals surface area contributed by atoms with Crippen LogP contribution in [-0.4, -0.2) is 0 Å². The third-order valence-electron chi connectivity index (χ3n) is 1.47. The highest BCUT2D eigenvalue weighted by Gasteiger charge is 1.99. The molecule has 0 N–H and O–H groups in total. The molecule has 1 aromatic heterocycles. The number of halogens is 1. The summed E-state index contributed by atoms with van der Waals surface area (Å²) in [6.45, 7) is 0. The smallest absolute Gasteiger partial charge is 0.359 e. The van der Waals surface area contributed by atoms with E-state index >= 15 is 0 Å². The van der Waals surface area contributed by atoms with E-state index in [-0.39, 0.29) is 24.0 Å². The average Bonchev–Trinajstić information content (AvgIpc) is 2.05. The summed E-state index contributed by atoms with van der Waals surface area (Å²) in [5.41, 5.74) is 0.935. The molecular weight excluding hydrogens is 251 g/mol. The first kappa shape index (κ1) is 8.46. The van der Waals surface area contributed by atoms with Crippen molar-refractivity contribution < 1.29 is 28.4 Å². The van der Waals surface area contributed by atoms with Gasteiger partial charge in [0.25, 0.3) is 0 Å². The Balaban J connectivity index is 0.000000605. The molecule has 0 radical (unpaired) electrons. The predicted molar refractivity (Wildman–Crippen MR) is 40.6 cm³/mol. The molecule has 2 aromatic rings. The Morgan fingerprint density at radius 1 is 0.909 bits per heavy atom. The van der Waals surface area contributed by atoms with Crippen molar-refractivity contribution >= 4 is 11.0 Å². The first-order valence-electron chi connectivity index (χ1n) is 3.22. The molecule has 0 aliphatic carbocycles. The predicted octanol–water partition coefficient (Wildman–Crippen LogP) is -0.282. The summed E-state index contributed by atoms with van der Waals surface area (Å²) in [5.74, 6) is 0. The molecule has 56 valence electrons. The Morgan fingerprint density at radius 3 is 2.45 bits per heavy atom. The van der Waals surface area contributed by atoms with Crippen LogP contribution in [0.2, 0.25) is 0 Å². The van der Waals surface area contributed by atoms with Crippen molar-refractivity contribution in [3.05, 3.63) is 42.7 Å². The largest absolute Gasteiger partial charge is 1.00 e. The van der Waals surface area contributed by atoms with Crippen LogP contribution in [0.15, 0.2) is 47.1 Å². The van der Waals surface area contributed by atoms with Crippen molar-refractivity contribution in [2.24, 2.45) is 0 Å². The maximum Gasteiger partial charge on any atom is 0.359 e. The van der Waals surface area contributed by atoms with Gasteiger partial charge in [0.15, 0.2) is 0 Å². The minimum absolute atomic E-state index is 0. The molecule has 0 bridgehead atoms. The lowest BCUT2D eigenvalue weighted by molar-refractivity contribution is -0.00000238. The van der Waals surface area contributed by atoms with Crippen LogP contribution in [0.25, 0.3) is 11.0 Å². The molecule has 1 aromatic carbocycles. The van der Waals surface area contributed by atoms with Gasteiger partial charge < -0.3 is 24.0 Å². The summed E-state index contributed by atoms with van der Waals surface area (Å²) >= 11 is 0. The summed E-state index contributed by atoms with van der Waals surface area (Å²) in [4.78, 5) is 0. The zero-order chi connectivity index (χ0) is 6.81. The molecule has 0 amide bonds. The van der Waals surface area contributed by atoms with Crippen LogP contribution in [0.5, 0.6) is 0 Å². The van der Waals surface area contributed by atoms with Crippen LogP contribution >= 0.6 is 0 Å². The molecule has 0 aliphatic rings. The van der Waals surface area contributed by atoms with Crippen LogP contribution in [0, 0.1) is 0 Å². The second-order valence-corrected chi connectivity index (χ2v) is 2.15. The Morgan fingerprint density at radius 2 is 1.64 bits per heavy atom. The van der Waals surface area contributed by atoms with E-state index in [0.29, 0.717) is 0 Å². The van der Waals surface area contributed by atoms with Gasteiger partial charge in [0.2, 0.25) is 0 Å². The molecule has 2 heteroatoms. The number of para-hydroxylation sites is 1. The highest BCUT2D eigenvalue weighted by Crippen LogP contribution is 2.11. The molecule has 2 rings (SSSR count). The third-order valence-corrected chi connectivity index (χ3v) is 1.47. The normalized spacial score (nSPS) is 9.09. The standard InChI is InChI=1S/C9H7O.HI/c1-2-6-9-8(4-1)5-3-7-10-9;/h1-7H;1H/q+1;/p-1. The lowest BCUT2D eigenvalue weighted by Gasteiger charge is -1.81. The monoisotopic (exact) mass is 258 g/mol. The highest BCUT2D eigenvalue weighted by atomic mass is 127. The zero-order valence-corrected chi connectivity index (χ0v) is 7.99. The van der Waals surface area contributed by atoms with Gasteiger partial charge >= 0.3 is 11.8 Å².